The maximum absolute atomic E-state index is 12.9. The van der Waals surface area contributed by atoms with Crippen LogP contribution in [-0.4, -0.2) is 15.7 Å². The molecule has 7 heteroatoms. The Labute approximate surface area is 191 Å². The lowest BCUT2D eigenvalue weighted by atomic mass is 10.2. The predicted octanol–water partition coefficient (Wildman–Crippen LogP) is 6.59. The Bertz CT molecular complexity index is 1170. The smallest absolute Gasteiger partial charge is 0.298 e. The van der Waals surface area contributed by atoms with Crippen LogP contribution in [0.2, 0.25) is 5.02 Å². The molecule has 1 fully saturated rings. The van der Waals surface area contributed by atoms with Crippen LogP contribution >= 0.6 is 46.0 Å². The number of halogens is 2. The average molecular weight is 535 g/mol. The van der Waals surface area contributed by atoms with Crippen LogP contribution in [0.4, 0.5) is 10.5 Å². The number of thioether (sulfide) groups is 1. The fourth-order valence-electron chi connectivity index (χ4n) is 3.37. The standard InChI is InChI=1S/C22H16ClIN2O2S/c1-13-10-15(14(2)25(13)19-5-3-4-17(24)12-19)11-20-21(27)26(22(28)29-20)18-8-6-16(23)7-9-18/h3-12H,1-2H3/b20-11+. The van der Waals surface area contributed by atoms with Crippen molar-refractivity contribution in [2.75, 3.05) is 4.90 Å². The van der Waals surface area contributed by atoms with Gasteiger partial charge in [0.05, 0.1) is 10.6 Å². The zero-order chi connectivity index (χ0) is 20.7. The summed E-state index contributed by atoms with van der Waals surface area (Å²) in [5, 5.41) is 0.245. The summed E-state index contributed by atoms with van der Waals surface area (Å²) in [6, 6.07) is 16.9. The van der Waals surface area contributed by atoms with Gasteiger partial charge in [0.25, 0.3) is 11.1 Å². The molecule has 1 aliphatic rings. The highest BCUT2D eigenvalue weighted by atomic mass is 127. The second-order valence-electron chi connectivity index (χ2n) is 6.64. The molecule has 0 atom stereocenters. The van der Waals surface area contributed by atoms with E-state index < -0.39 is 0 Å². The zero-order valence-electron chi connectivity index (χ0n) is 15.6. The number of anilines is 1. The maximum Gasteiger partial charge on any atom is 0.298 e. The van der Waals surface area contributed by atoms with Gasteiger partial charge < -0.3 is 4.57 Å². The Hall–Kier alpha value is -2.03. The van der Waals surface area contributed by atoms with E-state index in [4.69, 9.17) is 11.6 Å². The van der Waals surface area contributed by atoms with Crippen LogP contribution in [0.3, 0.4) is 0 Å². The van der Waals surface area contributed by atoms with Crippen LogP contribution in [0.15, 0.2) is 59.5 Å². The summed E-state index contributed by atoms with van der Waals surface area (Å²) in [4.78, 5) is 27.0. The fraction of sp³-hybridized carbons (Fsp3) is 0.0909. The van der Waals surface area contributed by atoms with Crippen molar-refractivity contribution in [3.05, 3.63) is 85.0 Å². The summed E-state index contributed by atoms with van der Waals surface area (Å²) >= 11 is 9.16. The number of hydrogen-bond donors (Lipinski definition) is 0. The molecule has 0 aliphatic carbocycles. The highest BCUT2D eigenvalue weighted by Crippen LogP contribution is 2.37. The van der Waals surface area contributed by atoms with E-state index in [0.29, 0.717) is 15.6 Å². The molecule has 0 saturated carbocycles. The summed E-state index contributed by atoms with van der Waals surface area (Å²) in [6.07, 6.45) is 1.80. The van der Waals surface area contributed by atoms with Crippen LogP contribution in [0.5, 0.6) is 0 Å². The van der Waals surface area contributed by atoms with E-state index in [-0.39, 0.29) is 11.1 Å². The summed E-state index contributed by atoms with van der Waals surface area (Å²) in [6.45, 7) is 4.05. The normalized spacial score (nSPS) is 15.6. The number of rotatable bonds is 3. The van der Waals surface area contributed by atoms with Gasteiger partial charge in [-0.25, -0.2) is 4.90 Å². The number of imide groups is 1. The van der Waals surface area contributed by atoms with Crippen molar-refractivity contribution in [2.24, 2.45) is 0 Å². The minimum atomic E-state index is -0.318. The SMILES string of the molecule is Cc1cc(/C=C2/SC(=O)N(c3ccc(Cl)cc3)C2=O)c(C)n1-c1cccc(I)c1. The van der Waals surface area contributed by atoms with E-state index in [0.717, 1.165) is 38.0 Å². The Morgan fingerprint density at radius 2 is 1.72 bits per heavy atom. The lowest BCUT2D eigenvalue weighted by molar-refractivity contribution is -0.113. The summed E-state index contributed by atoms with van der Waals surface area (Å²) in [5.74, 6) is -0.318. The second kappa shape index (κ2) is 8.01. The molecular formula is C22H16ClIN2O2S. The largest absolute Gasteiger partial charge is 0.318 e. The molecule has 1 saturated heterocycles. The van der Waals surface area contributed by atoms with Gasteiger partial charge in [-0.05, 0) is 108 Å². The molecule has 0 unspecified atom stereocenters. The molecule has 0 radical (unpaired) electrons. The Morgan fingerprint density at radius 3 is 2.41 bits per heavy atom. The van der Waals surface area contributed by atoms with E-state index in [9.17, 15) is 9.59 Å². The highest BCUT2D eigenvalue weighted by molar-refractivity contribution is 14.1. The molecule has 2 heterocycles. The highest BCUT2D eigenvalue weighted by Gasteiger charge is 2.36. The van der Waals surface area contributed by atoms with Crippen LogP contribution < -0.4 is 4.90 Å². The van der Waals surface area contributed by atoms with Crippen molar-refractivity contribution in [3.63, 3.8) is 0 Å². The molecule has 29 heavy (non-hydrogen) atoms. The topological polar surface area (TPSA) is 42.3 Å². The second-order valence-corrected chi connectivity index (χ2v) is 9.31. The number of hydrogen-bond acceptors (Lipinski definition) is 3. The monoisotopic (exact) mass is 534 g/mol. The first-order valence-electron chi connectivity index (χ1n) is 8.83. The Balaban J connectivity index is 1.70. The van der Waals surface area contributed by atoms with Gasteiger partial charge in [-0.3, -0.25) is 9.59 Å². The van der Waals surface area contributed by atoms with Crippen molar-refractivity contribution < 1.29 is 9.59 Å². The number of carbonyl (C=O) groups is 2. The number of amides is 2. The maximum atomic E-state index is 12.9. The third kappa shape index (κ3) is 3.89. The minimum Gasteiger partial charge on any atom is -0.318 e. The summed E-state index contributed by atoms with van der Waals surface area (Å²) in [5.41, 5.74) is 4.59. The number of aromatic nitrogens is 1. The van der Waals surface area contributed by atoms with Gasteiger partial charge in [0.2, 0.25) is 0 Å². The van der Waals surface area contributed by atoms with Gasteiger partial charge >= 0.3 is 0 Å². The first-order valence-corrected chi connectivity index (χ1v) is 11.1. The first kappa shape index (κ1) is 20.3. The summed E-state index contributed by atoms with van der Waals surface area (Å²) in [7, 11) is 0. The number of aryl methyl sites for hydroxylation is 1. The Morgan fingerprint density at radius 1 is 1.00 bits per heavy atom. The predicted molar refractivity (Wildman–Crippen MR) is 128 cm³/mol. The van der Waals surface area contributed by atoms with Crippen molar-refractivity contribution >= 4 is 68.9 Å². The molecule has 0 spiro atoms. The van der Waals surface area contributed by atoms with E-state index in [1.807, 2.05) is 32.0 Å². The fourth-order valence-corrected chi connectivity index (χ4v) is 4.85. The average Bonchev–Trinajstić information content (AvgIpc) is 3.11. The lowest BCUT2D eigenvalue weighted by Crippen LogP contribution is -2.27. The van der Waals surface area contributed by atoms with E-state index in [1.165, 1.54) is 4.90 Å². The van der Waals surface area contributed by atoms with Crippen molar-refractivity contribution in [1.82, 2.24) is 4.57 Å². The van der Waals surface area contributed by atoms with Crippen LogP contribution in [0, 0.1) is 17.4 Å². The molecule has 3 aromatic rings. The van der Waals surface area contributed by atoms with Gasteiger partial charge in [0.15, 0.2) is 0 Å². The molecular weight excluding hydrogens is 519 g/mol. The summed E-state index contributed by atoms with van der Waals surface area (Å²) < 4.78 is 3.30. The molecule has 146 valence electrons. The number of carbonyl (C=O) groups excluding carboxylic acids is 2. The van der Waals surface area contributed by atoms with E-state index >= 15 is 0 Å². The molecule has 1 aromatic heterocycles. The van der Waals surface area contributed by atoms with Crippen molar-refractivity contribution in [3.8, 4) is 5.69 Å². The quantitative estimate of drug-likeness (QED) is 0.281. The third-order valence-corrected chi connectivity index (χ3v) is 6.49. The van der Waals surface area contributed by atoms with Crippen molar-refractivity contribution in [2.45, 2.75) is 13.8 Å². The van der Waals surface area contributed by atoms with Gasteiger partial charge in [-0.2, -0.15) is 0 Å². The lowest BCUT2D eigenvalue weighted by Gasteiger charge is -2.12. The molecule has 0 bridgehead atoms. The molecule has 2 amide bonds. The first-order chi connectivity index (χ1) is 13.8. The Kier molecular flexibility index (Phi) is 5.59. The molecule has 2 aromatic carbocycles. The molecule has 4 rings (SSSR count). The van der Waals surface area contributed by atoms with Crippen LogP contribution in [0.1, 0.15) is 17.0 Å². The number of nitrogens with zero attached hydrogens (tertiary/aromatic N) is 2. The third-order valence-electron chi connectivity index (χ3n) is 4.70. The van der Waals surface area contributed by atoms with Gasteiger partial charge in [-0.1, -0.05) is 17.7 Å². The number of benzene rings is 2. The van der Waals surface area contributed by atoms with E-state index in [1.54, 1.807) is 30.3 Å². The van der Waals surface area contributed by atoms with Crippen molar-refractivity contribution in [1.29, 1.82) is 0 Å². The van der Waals surface area contributed by atoms with Gasteiger partial charge in [0.1, 0.15) is 0 Å². The van der Waals surface area contributed by atoms with E-state index in [2.05, 4.69) is 39.3 Å². The molecule has 4 nitrogen and oxygen atoms in total. The van der Waals surface area contributed by atoms with Crippen LogP contribution in [-0.2, 0) is 4.79 Å². The van der Waals surface area contributed by atoms with Crippen LogP contribution in [0.25, 0.3) is 11.8 Å². The molecule has 1 aliphatic heterocycles. The van der Waals surface area contributed by atoms with Gasteiger partial charge in [-0.15, -0.1) is 0 Å². The van der Waals surface area contributed by atoms with Gasteiger partial charge in [0, 0.05) is 25.7 Å². The minimum absolute atomic E-state index is 0.310. The zero-order valence-corrected chi connectivity index (χ0v) is 19.4. The molecule has 0 N–H and O–H groups in total.